The summed E-state index contributed by atoms with van der Waals surface area (Å²) in [5.74, 6) is 0.427. The summed E-state index contributed by atoms with van der Waals surface area (Å²) in [6.07, 6.45) is 3.96. The van der Waals surface area contributed by atoms with Crippen LogP contribution in [-0.2, 0) is 16.6 Å². The Balaban J connectivity index is 1.68. The first-order valence-corrected chi connectivity index (χ1v) is 12.8. The highest BCUT2D eigenvalue weighted by atomic mass is 32.2. The Morgan fingerprint density at radius 1 is 1.27 bits per heavy atom. The minimum atomic E-state index is -3.91. The summed E-state index contributed by atoms with van der Waals surface area (Å²) in [6.45, 7) is 3.83. The van der Waals surface area contributed by atoms with E-state index in [1.165, 1.54) is 17.6 Å². The first-order valence-electron chi connectivity index (χ1n) is 10.5. The molecule has 8 nitrogen and oxygen atoms in total. The molecular formula is C23H23N5O3S2. The third kappa shape index (κ3) is 5.27. The van der Waals surface area contributed by atoms with Gasteiger partial charge in [-0.05, 0) is 62.4 Å². The number of aromatic nitrogens is 2. The topological polar surface area (TPSA) is 131 Å². The predicted molar refractivity (Wildman–Crippen MR) is 129 cm³/mol. The average molecular weight is 482 g/mol. The van der Waals surface area contributed by atoms with Crippen molar-refractivity contribution in [1.29, 1.82) is 5.26 Å². The zero-order chi connectivity index (χ0) is 23.6. The largest absolute Gasteiger partial charge is 0.490 e. The van der Waals surface area contributed by atoms with Crippen LogP contribution in [-0.4, -0.2) is 30.9 Å². The van der Waals surface area contributed by atoms with Crippen LogP contribution in [0.25, 0.3) is 21.1 Å². The molecule has 0 saturated carbocycles. The van der Waals surface area contributed by atoms with Gasteiger partial charge in [0.1, 0.15) is 21.8 Å². The second-order valence-corrected chi connectivity index (χ2v) is 10.3. The second-order valence-electron chi connectivity index (χ2n) is 8.04. The van der Waals surface area contributed by atoms with E-state index in [1.54, 1.807) is 12.1 Å². The Kier molecular flexibility index (Phi) is 6.56. The molecule has 1 heterocycles. The van der Waals surface area contributed by atoms with Crippen LogP contribution in [0, 0.1) is 11.3 Å². The summed E-state index contributed by atoms with van der Waals surface area (Å²) in [6, 6.07) is 13.5. The fourth-order valence-electron chi connectivity index (χ4n) is 3.95. The molecule has 2 N–H and O–H groups in total. The molecule has 4 rings (SSSR count). The average Bonchev–Trinajstić information content (AvgIpc) is 3.26. The van der Waals surface area contributed by atoms with Gasteiger partial charge in [0.2, 0.25) is 0 Å². The highest BCUT2D eigenvalue weighted by molar-refractivity contribution is 7.87. The fraction of sp³-hybridized carbons (Fsp3) is 0.304. The van der Waals surface area contributed by atoms with Crippen LogP contribution < -0.4 is 9.88 Å². The van der Waals surface area contributed by atoms with Gasteiger partial charge in [-0.25, -0.2) is 5.14 Å². The van der Waals surface area contributed by atoms with Crippen LogP contribution in [0.2, 0.25) is 0 Å². The van der Waals surface area contributed by atoms with E-state index < -0.39 is 10.2 Å². The molecule has 0 amide bonds. The number of hydrogen-bond acceptors (Lipinski definition) is 7. The molecule has 1 unspecified atom stereocenters. The van der Waals surface area contributed by atoms with Crippen molar-refractivity contribution in [1.82, 2.24) is 10.2 Å². The Morgan fingerprint density at radius 2 is 2.06 bits per heavy atom. The minimum absolute atomic E-state index is 0.0285. The molecular weight excluding hydrogens is 458 g/mol. The monoisotopic (exact) mass is 481 g/mol. The van der Waals surface area contributed by atoms with Gasteiger partial charge in [0, 0.05) is 23.3 Å². The van der Waals surface area contributed by atoms with Gasteiger partial charge >= 0.3 is 10.2 Å². The molecule has 10 heteroatoms. The van der Waals surface area contributed by atoms with Crippen molar-refractivity contribution in [2.75, 3.05) is 0 Å². The number of ether oxygens (including phenoxy) is 1. The molecule has 1 atom stereocenters. The maximum absolute atomic E-state index is 11.3. The molecule has 0 saturated heterocycles. The standard InChI is InChI=1S/C23H23N5O3S2/c1-14(2)31-21-10-9-15(11-17(21)12-24)22-27-28-23(32-22)20-8-4-6-18-16(5-3-7-19(18)20)13-26-33(25,29)30/h4,6,8-11,13-14,16H,3,5,7H2,1-2H3,(H2,25,29,30)/b26-13+. The molecule has 0 bridgehead atoms. The summed E-state index contributed by atoms with van der Waals surface area (Å²) in [5.41, 5.74) is 4.38. The van der Waals surface area contributed by atoms with E-state index in [0.717, 1.165) is 46.5 Å². The predicted octanol–water partition coefficient (Wildman–Crippen LogP) is 4.23. The number of nitrogens with two attached hydrogens (primary N) is 1. The number of benzene rings is 2. The van der Waals surface area contributed by atoms with E-state index in [1.807, 2.05) is 38.1 Å². The summed E-state index contributed by atoms with van der Waals surface area (Å²) >= 11 is 1.45. The number of rotatable bonds is 6. The molecule has 3 aromatic rings. The first kappa shape index (κ1) is 23.0. The van der Waals surface area contributed by atoms with Crippen LogP contribution in [0.15, 0.2) is 40.8 Å². The van der Waals surface area contributed by atoms with E-state index in [9.17, 15) is 13.7 Å². The fourth-order valence-corrected chi connectivity index (χ4v) is 5.16. The summed E-state index contributed by atoms with van der Waals surface area (Å²) < 4.78 is 31.8. The van der Waals surface area contributed by atoms with Gasteiger partial charge in [-0.2, -0.15) is 18.1 Å². The molecule has 0 fully saturated rings. The quantitative estimate of drug-likeness (QED) is 0.524. The third-order valence-corrected chi connectivity index (χ3v) is 6.73. The minimum Gasteiger partial charge on any atom is -0.490 e. The van der Waals surface area contributed by atoms with Crippen molar-refractivity contribution in [3.8, 4) is 33.0 Å². The number of nitriles is 1. The normalized spacial score (nSPS) is 16.0. The molecule has 0 spiro atoms. The number of nitrogens with zero attached hydrogens (tertiary/aromatic N) is 4. The molecule has 1 aromatic heterocycles. The summed E-state index contributed by atoms with van der Waals surface area (Å²) in [4.78, 5) is 0. The van der Waals surface area contributed by atoms with Gasteiger partial charge in [0.05, 0.1) is 11.7 Å². The van der Waals surface area contributed by atoms with E-state index in [-0.39, 0.29) is 12.0 Å². The van der Waals surface area contributed by atoms with Crippen LogP contribution in [0.5, 0.6) is 5.75 Å². The van der Waals surface area contributed by atoms with E-state index >= 15 is 0 Å². The van der Waals surface area contributed by atoms with Gasteiger partial charge < -0.3 is 4.74 Å². The smallest absolute Gasteiger partial charge is 0.316 e. The molecule has 0 aliphatic heterocycles. The molecule has 2 aromatic carbocycles. The lowest BCUT2D eigenvalue weighted by Crippen LogP contribution is -2.14. The molecule has 0 radical (unpaired) electrons. The lowest BCUT2D eigenvalue weighted by atomic mass is 9.81. The molecule has 170 valence electrons. The van der Waals surface area contributed by atoms with Crippen LogP contribution in [0.3, 0.4) is 0 Å². The Hall–Kier alpha value is -3.13. The van der Waals surface area contributed by atoms with Crippen LogP contribution >= 0.6 is 11.3 Å². The zero-order valence-electron chi connectivity index (χ0n) is 18.2. The van der Waals surface area contributed by atoms with Crippen molar-refractivity contribution < 1.29 is 13.2 Å². The van der Waals surface area contributed by atoms with E-state index in [0.29, 0.717) is 16.3 Å². The summed E-state index contributed by atoms with van der Waals surface area (Å²) in [7, 11) is -3.91. The highest BCUT2D eigenvalue weighted by Gasteiger charge is 2.23. The lowest BCUT2D eigenvalue weighted by Gasteiger charge is -2.24. The number of hydrogen-bond donors (Lipinski definition) is 1. The van der Waals surface area contributed by atoms with E-state index in [4.69, 9.17) is 9.88 Å². The van der Waals surface area contributed by atoms with Gasteiger partial charge in [-0.1, -0.05) is 29.5 Å². The Morgan fingerprint density at radius 3 is 2.79 bits per heavy atom. The number of fused-ring (bicyclic) bond motifs is 1. The van der Waals surface area contributed by atoms with Crippen molar-refractivity contribution >= 4 is 27.8 Å². The van der Waals surface area contributed by atoms with Crippen LogP contribution in [0.1, 0.15) is 49.3 Å². The third-order valence-electron chi connectivity index (χ3n) is 5.31. The van der Waals surface area contributed by atoms with Crippen molar-refractivity contribution in [2.24, 2.45) is 9.54 Å². The SMILES string of the molecule is CC(C)Oc1ccc(-c2nnc(-c3cccc4c3CCCC4/C=N/S(N)(=O)=O)s2)cc1C#N. The lowest BCUT2D eigenvalue weighted by molar-refractivity contribution is 0.242. The van der Waals surface area contributed by atoms with Crippen molar-refractivity contribution in [2.45, 2.75) is 45.1 Å². The first-order chi connectivity index (χ1) is 15.7. The van der Waals surface area contributed by atoms with E-state index in [2.05, 4.69) is 20.7 Å². The highest BCUT2D eigenvalue weighted by Crippen LogP contribution is 2.39. The Bertz CT molecular complexity index is 1360. The maximum Gasteiger partial charge on any atom is 0.316 e. The second kappa shape index (κ2) is 9.39. The zero-order valence-corrected chi connectivity index (χ0v) is 19.9. The molecule has 1 aliphatic carbocycles. The van der Waals surface area contributed by atoms with Crippen molar-refractivity contribution in [3.05, 3.63) is 53.1 Å². The molecule has 33 heavy (non-hydrogen) atoms. The van der Waals surface area contributed by atoms with Crippen molar-refractivity contribution in [3.63, 3.8) is 0 Å². The van der Waals surface area contributed by atoms with Gasteiger partial charge in [0.25, 0.3) is 0 Å². The molecule has 1 aliphatic rings. The van der Waals surface area contributed by atoms with Crippen LogP contribution in [0.4, 0.5) is 0 Å². The van der Waals surface area contributed by atoms with Gasteiger partial charge in [0.15, 0.2) is 0 Å². The summed E-state index contributed by atoms with van der Waals surface area (Å²) in [5, 5.41) is 24.8. The maximum atomic E-state index is 11.3. The van der Waals surface area contributed by atoms with Gasteiger partial charge in [-0.3, -0.25) is 0 Å². The van der Waals surface area contributed by atoms with Gasteiger partial charge in [-0.15, -0.1) is 10.2 Å². The Labute approximate surface area is 197 Å².